The van der Waals surface area contributed by atoms with E-state index in [1.165, 1.54) is 56.5 Å². The lowest BCUT2D eigenvalue weighted by molar-refractivity contribution is -0.137. The number of benzene rings is 3. The number of alkyl halides is 3. The Labute approximate surface area is 249 Å². The van der Waals surface area contributed by atoms with Crippen LogP contribution >= 0.6 is 0 Å². The van der Waals surface area contributed by atoms with E-state index in [0.29, 0.717) is 18.4 Å². The van der Waals surface area contributed by atoms with Gasteiger partial charge in [-0.1, -0.05) is 24.3 Å². The molecule has 0 unspecified atom stereocenters. The number of likely N-dealkylation sites (tertiary alicyclic amines) is 2. The van der Waals surface area contributed by atoms with Crippen molar-refractivity contribution in [3.05, 3.63) is 83.4 Å². The summed E-state index contributed by atoms with van der Waals surface area (Å²) >= 11 is 0. The molecule has 4 heterocycles. The summed E-state index contributed by atoms with van der Waals surface area (Å²) in [6.45, 7) is 6.01. The largest absolute Gasteiger partial charge is 0.454 e. The lowest BCUT2D eigenvalue weighted by atomic mass is 10.00. The van der Waals surface area contributed by atoms with Gasteiger partial charge in [0.2, 0.25) is 6.79 Å². The van der Waals surface area contributed by atoms with E-state index in [1.54, 1.807) is 0 Å². The molecule has 6 nitrogen and oxygen atoms in total. The zero-order chi connectivity index (χ0) is 29.4. The van der Waals surface area contributed by atoms with E-state index in [-0.39, 0.29) is 6.79 Å². The van der Waals surface area contributed by atoms with E-state index in [2.05, 4.69) is 33.3 Å². The fraction of sp³-hybridized carbons (Fsp3) is 0.382. The third-order valence-electron chi connectivity index (χ3n) is 8.90. The molecule has 1 aromatic heterocycles. The summed E-state index contributed by atoms with van der Waals surface area (Å²) in [6.07, 6.45) is 0.642. The molecule has 43 heavy (non-hydrogen) atoms. The van der Waals surface area contributed by atoms with E-state index in [4.69, 9.17) is 14.5 Å². The summed E-state index contributed by atoms with van der Waals surface area (Å²) in [5.74, 6) is 2.22. The van der Waals surface area contributed by atoms with Crippen LogP contribution < -0.4 is 14.8 Å². The van der Waals surface area contributed by atoms with Gasteiger partial charge in [-0.05, 0) is 110 Å². The van der Waals surface area contributed by atoms with Crippen molar-refractivity contribution in [3.63, 3.8) is 0 Å². The fourth-order valence-corrected chi connectivity index (χ4v) is 6.57. The Morgan fingerprint density at radius 3 is 2.42 bits per heavy atom. The third-order valence-corrected chi connectivity index (χ3v) is 8.90. The minimum atomic E-state index is -4.34. The first-order valence-corrected chi connectivity index (χ1v) is 15.1. The molecule has 3 aliphatic heterocycles. The molecule has 2 fully saturated rings. The van der Waals surface area contributed by atoms with Gasteiger partial charge in [-0.15, -0.1) is 0 Å². The Hall–Kier alpha value is -3.82. The van der Waals surface area contributed by atoms with Crippen molar-refractivity contribution < 1.29 is 22.6 Å². The van der Waals surface area contributed by atoms with Crippen molar-refractivity contribution >= 4 is 16.7 Å². The number of nitrogens with zero attached hydrogens (tertiary/aromatic N) is 3. The maximum absolute atomic E-state index is 13.0. The van der Waals surface area contributed by atoms with E-state index in [9.17, 15) is 13.2 Å². The molecule has 224 valence electrons. The highest BCUT2D eigenvalue weighted by Gasteiger charge is 2.30. The Balaban J connectivity index is 1.18. The number of halogens is 3. The van der Waals surface area contributed by atoms with E-state index < -0.39 is 11.7 Å². The summed E-state index contributed by atoms with van der Waals surface area (Å²) in [5, 5.41) is 4.47. The van der Waals surface area contributed by atoms with Gasteiger partial charge in [0.1, 0.15) is 5.82 Å². The van der Waals surface area contributed by atoms with Crippen LogP contribution in [-0.4, -0.2) is 53.8 Å². The van der Waals surface area contributed by atoms with Gasteiger partial charge in [0.05, 0.1) is 11.1 Å². The molecule has 0 amide bonds. The fourth-order valence-electron chi connectivity index (χ4n) is 6.57. The minimum absolute atomic E-state index is 0.237. The van der Waals surface area contributed by atoms with E-state index in [0.717, 1.165) is 70.9 Å². The van der Waals surface area contributed by atoms with Gasteiger partial charge in [0.25, 0.3) is 0 Å². The highest BCUT2D eigenvalue weighted by atomic mass is 19.4. The summed E-state index contributed by atoms with van der Waals surface area (Å²) in [4.78, 5) is 10.1. The molecule has 9 heteroatoms. The number of fused-ring (bicyclic) bond motifs is 2. The van der Waals surface area contributed by atoms with Crippen LogP contribution in [0.25, 0.3) is 22.0 Å². The molecule has 0 saturated carbocycles. The first kappa shape index (κ1) is 28.0. The normalized spacial score (nSPS) is 19.0. The zero-order valence-electron chi connectivity index (χ0n) is 24.0. The van der Waals surface area contributed by atoms with Gasteiger partial charge in [-0.25, -0.2) is 4.98 Å². The van der Waals surface area contributed by atoms with Crippen LogP contribution in [0.15, 0.2) is 66.7 Å². The van der Waals surface area contributed by atoms with E-state index >= 15 is 0 Å². The lowest BCUT2D eigenvalue weighted by Crippen LogP contribution is -2.39. The van der Waals surface area contributed by atoms with Crippen LogP contribution in [0.1, 0.15) is 42.4 Å². The van der Waals surface area contributed by atoms with Crippen molar-refractivity contribution in [2.45, 2.75) is 51.0 Å². The topological polar surface area (TPSA) is 49.9 Å². The molecule has 0 spiro atoms. The molecule has 7 rings (SSSR count). The molecular formula is C34H35F3N4O2. The van der Waals surface area contributed by atoms with E-state index in [1.807, 2.05) is 24.3 Å². The molecule has 0 bridgehead atoms. The Morgan fingerprint density at radius 2 is 1.60 bits per heavy atom. The number of nitrogens with one attached hydrogen (secondary N) is 1. The van der Waals surface area contributed by atoms with Crippen LogP contribution in [0.2, 0.25) is 0 Å². The third kappa shape index (κ3) is 6.15. The first-order chi connectivity index (χ1) is 20.9. The molecule has 0 aliphatic carbocycles. The second kappa shape index (κ2) is 11.7. The summed E-state index contributed by atoms with van der Waals surface area (Å²) in [7, 11) is 0. The molecule has 3 aromatic carbocycles. The monoisotopic (exact) mass is 588 g/mol. The lowest BCUT2D eigenvalue weighted by Gasteiger charge is -2.29. The summed E-state index contributed by atoms with van der Waals surface area (Å²) in [5.41, 5.74) is 4.32. The van der Waals surface area contributed by atoms with Crippen molar-refractivity contribution in [3.8, 4) is 22.6 Å². The van der Waals surface area contributed by atoms with Crippen LogP contribution in [-0.2, 0) is 19.3 Å². The quantitative estimate of drug-likeness (QED) is 0.233. The minimum Gasteiger partial charge on any atom is -0.454 e. The van der Waals surface area contributed by atoms with Crippen molar-refractivity contribution in [2.75, 3.05) is 38.3 Å². The molecule has 0 radical (unpaired) electrons. The number of anilines is 1. The van der Waals surface area contributed by atoms with Crippen LogP contribution in [0, 0.1) is 0 Å². The Morgan fingerprint density at radius 1 is 0.837 bits per heavy atom. The SMILES string of the molecule is FC(F)(F)c1ccc(CNc2cc(CN3CCC[C@H]3CN3CCCC3)c3cc(-c4ccc5c(c4)OCO5)ccc3n2)cc1. The van der Waals surface area contributed by atoms with Crippen LogP contribution in [0.5, 0.6) is 11.5 Å². The van der Waals surface area contributed by atoms with Crippen molar-refractivity contribution in [1.29, 1.82) is 0 Å². The Kier molecular flexibility index (Phi) is 7.61. The maximum atomic E-state index is 13.0. The summed E-state index contributed by atoms with van der Waals surface area (Å²) < 4.78 is 50.2. The highest BCUT2D eigenvalue weighted by Crippen LogP contribution is 2.37. The van der Waals surface area contributed by atoms with Crippen LogP contribution in [0.4, 0.5) is 19.0 Å². The van der Waals surface area contributed by atoms with Gasteiger partial charge >= 0.3 is 6.18 Å². The average molecular weight is 589 g/mol. The molecular weight excluding hydrogens is 553 g/mol. The first-order valence-electron chi connectivity index (χ1n) is 15.1. The second-order valence-electron chi connectivity index (χ2n) is 11.8. The molecule has 1 N–H and O–H groups in total. The number of hydrogen-bond donors (Lipinski definition) is 1. The number of rotatable bonds is 8. The standard InChI is InChI=1S/C34H35F3N4O2/c35-34(36,37)27-9-5-23(6-10-27)19-38-33-18-26(20-41-15-3-4-28(41)21-40-13-1-2-14-40)29-16-24(7-11-30(29)39-33)25-8-12-31-32(17-25)43-22-42-31/h5-12,16-18,28H,1-4,13-15,19-22H2,(H,38,39)/t28-/m0/s1. The smallest absolute Gasteiger partial charge is 0.416 e. The Bertz CT molecular complexity index is 1600. The predicted octanol–water partition coefficient (Wildman–Crippen LogP) is 7.32. The number of pyridine rings is 1. The zero-order valence-corrected chi connectivity index (χ0v) is 24.0. The average Bonchev–Trinajstić information content (AvgIpc) is 3.79. The van der Waals surface area contributed by atoms with Gasteiger partial charge in [-0.3, -0.25) is 4.90 Å². The number of hydrogen-bond acceptors (Lipinski definition) is 6. The number of ether oxygens (including phenoxy) is 2. The van der Waals surface area contributed by atoms with Gasteiger partial charge in [0, 0.05) is 31.1 Å². The highest BCUT2D eigenvalue weighted by molar-refractivity contribution is 5.89. The van der Waals surface area contributed by atoms with Gasteiger partial charge in [0.15, 0.2) is 11.5 Å². The van der Waals surface area contributed by atoms with Gasteiger partial charge in [-0.2, -0.15) is 13.2 Å². The second-order valence-corrected chi connectivity index (χ2v) is 11.8. The van der Waals surface area contributed by atoms with Crippen LogP contribution in [0.3, 0.4) is 0 Å². The number of aromatic nitrogens is 1. The molecule has 4 aromatic rings. The molecule has 3 aliphatic rings. The van der Waals surface area contributed by atoms with Crippen molar-refractivity contribution in [2.24, 2.45) is 0 Å². The molecule has 1 atom stereocenters. The molecule has 2 saturated heterocycles. The van der Waals surface area contributed by atoms with Crippen molar-refractivity contribution in [1.82, 2.24) is 14.8 Å². The van der Waals surface area contributed by atoms with Gasteiger partial charge < -0.3 is 19.7 Å². The summed E-state index contributed by atoms with van der Waals surface area (Å²) in [6, 6.07) is 20.3. The predicted molar refractivity (Wildman–Crippen MR) is 161 cm³/mol. The maximum Gasteiger partial charge on any atom is 0.416 e.